The molecular weight excluding hydrogens is 371 g/mol. The lowest BCUT2D eigenvalue weighted by molar-refractivity contribution is -0.116. The molecule has 146 valence electrons. The summed E-state index contributed by atoms with van der Waals surface area (Å²) in [5, 5.41) is 7.56. The molecule has 0 spiro atoms. The maximum Gasteiger partial charge on any atom is 0.226 e. The zero-order valence-corrected chi connectivity index (χ0v) is 15.8. The quantitative estimate of drug-likeness (QED) is 0.736. The van der Waals surface area contributed by atoms with E-state index >= 15 is 0 Å². The van der Waals surface area contributed by atoms with E-state index < -0.39 is 6.04 Å². The van der Waals surface area contributed by atoms with Gasteiger partial charge < -0.3 is 10.1 Å². The Kier molecular flexibility index (Phi) is 4.16. The lowest BCUT2D eigenvalue weighted by Crippen LogP contribution is -2.33. The summed E-state index contributed by atoms with van der Waals surface area (Å²) >= 11 is 0. The van der Waals surface area contributed by atoms with Crippen LogP contribution in [0.5, 0.6) is 5.75 Å². The summed E-state index contributed by atoms with van der Waals surface area (Å²) < 4.78 is 20.8. The number of nitrogens with one attached hydrogen (secondary N) is 1. The summed E-state index contributed by atoms with van der Waals surface area (Å²) in [5.74, 6) is 1.09. The number of hydrogen-bond donors (Lipinski definition) is 1. The first-order valence-electron chi connectivity index (χ1n) is 9.46. The molecule has 0 saturated heterocycles. The molecule has 5 rings (SSSR count). The van der Waals surface area contributed by atoms with Gasteiger partial charge in [-0.2, -0.15) is 10.1 Å². The van der Waals surface area contributed by atoms with Gasteiger partial charge in [-0.3, -0.25) is 4.79 Å². The van der Waals surface area contributed by atoms with Gasteiger partial charge >= 0.3 is 0 Å². The maximum atomic E-state index is 13.9. The Hall–Kier alpha value is -3.48. The number of benzene rings is 2. The number of anilines is 1. The highest BCUT2D eigenvalue weighted by molar-refractivity contribution is 6.00. The Morgan fingerprint density at radius 3 is 2.72 bits per heavy atom. The molecule has 0 bridgehead atoms. The molecule has 2 atom stereocenters. The fraction of sp³-hybridized carbons (Fsp3) is 0.227. The van der Waals surface area contributed by atoms with Crippen LogP contribution in [0.1, 0.15) is 35.9 Å². The minimum absolute atomic E-state index is 0.0370. The van der Waals surface area contributed by atoms with Crippen LogP contribution < -0.4 is 10.1 Å². The van der Waals surface area contributed by atoms with Crippen molar-refractivity contribution in [1.82, 2.24) is 14.8 Å². The van der Waals surface area contributed by atoms with Crippen LogP contribution in [0.2, 0.25) is 0 Å². The smallest absolute Gasteiger partial charge is 0.226 e. The first kappa shape index (κ1) is 17.6. The standard InChI is InChI=1S/C22H19FN4O2/c1-29-17-7-5-13(6-8-17)15-10-18-20(19(28)11-15)21(14-3-2-4-16(23)9-14)27-22(26-18)24-12-25-27/h2-9,12,15,21H,10-11H2,1H3,(H,24,25,26)/t15-,21+/m1/s1. The highest BCUT2D eigenvalue weighted by Crippen LogP contribution is 2.43. The molecular formula is C22H19FN4O2. The molecule has 1 aromatic heterocycles. The van der Waals surface area contributed by atoms with Crippen LogP contribution in [-0.4, -0.2) is 27.7 Å². The molecule has 0 radical (unpaired) electrons. The predicted molar refractivity (Wildman–Crippen MR) is 105 cm³/mol. The van der Waals surface area contributed by atoms with Crippen molar-refractivity contribution in [3.05, 3.63) is 83.1 Å². The van der Waals surface area contributed by atoms with Crippen LogP contribution in [0.3, 0.4) is 0 Å². The molecule has 0 fully saturated rings. The van der Waals surface area contributed by atoms with Gasteiger partial charge in [0.05, 0.1) is 7.11 Å². The molecule has 2 heterocycles. The number of rotatable bonds is 3. The molecule has 1 aliphatic heterocycles. The monoisotopic (exact) mass is 390 g/mol. The van der Waals surface area contributed by atoms with Gasteiger partial charge in [-0.1, -0.05) is 24.3 Å². The highest BCUT2D eigenvalue weighted by atomic mass is 19.1. The predicted octanol–water partition coefficient (Wildman–Crippen LogP) is 3.84. The van der Waals surface area contributed by atoms with E-state index in [9.17, 15) is 9.18 Å². The van der Waals surface area contributed by atoms with Gasteiger partial charge in [0.15, 0.2) is 5.78 Å². The molecule has 3 aromatic rings. The van der Waals surface area contributed by atoms with Crippen LogP contribution in [0, 0.1) is 5.82 Å². The number of allylic oxidation sites excluding steroid dienone is 2. The average Bonchev–Trinajstić information content (AvgIpc) is 3.20. The zero-order chi connectivity index (χ0) is 20.0. The van der Waals surface area contributed by atoms with E-state index in [-0.39, 0.29) is 17.5 Å². The largest absolute Gasteiger partial charge is 0.497 e. The number of fused-ring (bicyclic) bond motifs is 1. The van der Waals surface area contributed by atoms with E-state index in [0.29, 0.717) is 29.9 Å². The molecule has 7 heteroatoms. The Bertz CT molecular complexity index is 1120. The normalized spacial score (nSPS) is 20.7. The Morgan fingerprint density at radius 1 is 1.14 bits per heavy atom. The second-order valence-electron chi connectivity index (χ2n) is 7.30. The Balaban J connectivity index is 1.56. The van der Waals surface area contributed by atoms with Gasteiger partial charge in [0, 0.05) is 17.7 Å². The van der Waals surface area contributed by atoms with Crippen molar-refractivity contribution in [3.63, 3.8) is 0 Å². The van der Waals surface area contributed by atoms with E-state index in [4.69, 9.17) is 4.74 Å². The van der Waals surface area contributed by atoms with Gasteiger partial charge in [-0.05, 0) is 47.7 Å². The van der Waals surface area contributed by atoms with Crippen molar-refractivity contribution in [2.45, 2.75) is 24.8 Å². The number of methoxy groups -OCH3 is 1. The van der Waals surface area contributed by atoms with Gasteiger partial charge in [-0.25, -0.2) is 9.07 Å². The topological polar surface area (TPSA) is 69.0 Å². The van der Waals surface area contributed by atoms with Gasteiger partial charge in [0.2, 0.25) is 5.95 Å². The third kappa shape index (κ3) is 2.99. The zero-order valence-electron chi connectivity index (χ0n) is 15.8. The minimum Gasteiger partial charge on any atom is -0.497 e. The number of hydrogen-bond acceptors (Lipinski definition) is 5. The molecule has 0 amide bonds. The van der Waals surface area contributed by atoms with E-state index in [1.54, 1.807) is 17.9 Å². The summed E-state index contributed by atoms with van der Waals surface area (Å²) in [6.45, 7) is 0. The molecule has 2 aliphatic rings. The number of nitrogens with zero attached hydrogens (tertiary/aromatic N) is 3. The van der Waals surface area contributed by atoms with Crippen LogP contribution in [-0.2, 0) is 4.79 Å². The van der Waals surface area contributed by atoms with Crippen LogP contribution >= 0.6 is 0 Å². The number of halogens is 1. The lowest BCUT2D eigenvalue weighted by atomic mass is 9.78. The molecule has 29 heavy (non-hydrogen) atoms. The molecule has 1 N–H and O–H groups in total. The SMILES string of the molecule is COc1ccc([C@H]2CC(=O)C3=C(C2)Nc2ncnn2[C@H]3c2cccc(F)c2)cc1. The number of ketones is 1. The van der Waals surface area contributed by atoms with E-state index in [0.717, 1.165) is 17.0 Å². The number of ether oxygens (including phenoxy) is 1. The van der Waals surface area contributed by atoms with Crippen molar-refractivity contribution in [3.8, 4) is 5.75 Å². The molecule has 6 nitrogen and oxygen atoms in total. The molecule has 0 saturated carbocycles. The van der Waals surface area contributed by atoms with Crippen LogP contribution in [0.4, 0.5) is 10.3 Å². The summed E-state index contributed by atoms with van der Waals surface area (Å²) in [4.78, 5) is 17.5. The second-order valence-corrected chi connectivity index (χ2v) is 7.30. The third-order valence-corrected chi connectivity index (χ3v) is 5.61. The van der Waals surface area contributed by atoms with E-state index in [1.807, 2.05) is 30.3 Å². The maximum absolute atomic E-state index is 13.9. The fourth-order valence-corrected chi connectivity index (χ4v) is 4.25. The number of aromatic nitrogens is 3. The summed E-state index contributed by atoms with van der Waals surface area (Å²) in [7, 11) is 1.63. The molecule has 0 unspecified atom stereocenters. The Labute approximate surface area is 167 Å². The van der Waals surface area contributed by atoms with Gasteiger partial charge in [0.1, 0.15) is 23.9 Å². The first-order chi connectivity index (χ1) is 14.1. The minimum atomic E-state index is -0.483. The van der Waals surface area contributed by atoms with Crippen molar-refractivity contribution >= 4 is 11.7 Å². The molecule has 2 aromatic carbocycles. The van der Waals surface area contributed by atoms with Crippen LogP contribution in [0.25, 0.3) is 0 Å². The summed E-state index contributed by atoms with van der Waals surface area (Å²) in [5.41, 5.74) is 3.24. The number of Topliss-reactive ketones (excluding diaryl/α,β-unsaturated/α-hetero) is 1. The number of carbonyl (C=O) groups excluding carboxylic acids is 1. The van der Waals surface area contributed by atoms with Crippen molar-refractivity contribution < 1.29 is 13.9 Å². The lowest BCUT2D eigenvalue weighted by Gasteiger charge is -2.35. The second kappa shape index (κ2) is 6.84. The summed E-state index contributed by atoms with van der Waals surface area (Å²) in [6, 6.07) is 13.6. The third-order valence-electron chi connectivity index (χ3n) is 5.61. The molecule has 1 aliphatic carbocycles. The average molecular weight is 390 g/mol. The van der Waals surface area contributed by atoms with E-state index in [1.165, 1.54) is 18.5 Å². The Morgan fingerprint density at radius 2 is 1.97 bits per heavy atom. The highest BCUT2D eigenvalue weighted by Gasteiger charge is 2.39. The van der Waals surface area contributed by atoms with Crippen LogP contribution in [0.15, 0.2) is 66.1 Å². The number of carbonyl (C=O) groups is 1. The van der Waals surface area contributed by atoms with Gasteiger partial charge in [-0.15, -0.1) is 0 Å². The van der Waals surface area contributed by atoms with Crippen molar-refractivity contribution in [1.29, 1.82) is 0 Å². The first-order valence-corrected chi connectivity index (χ1v) is 9.46. The summed E-state index contributed by atoms with van der Waals surface area (Å²) in [6.07, 6.45) is 2.51. The van der Waals surface area contributed by atoms with E-state index in [2.05, 4.69) is 15.4 Å². The van der Waals surface area contributed by atoms with Crippen molar-refractivity contribution in [2.24, 2.45) is 0 Å². The fourth-order valence-electron chi connectivity index (χ4n) is 4.25. The van der Waals surface area contributed by atoms with Crippen molar-refractivity contribution in [2.75, 3.05) is 12.4 Å². The van der Waals surface area contributed by atoms with Gasteiger partial charge in [0.25, 0.3) is 0 Å².